The molecule has 3 heterocycles. The molecule has 6 heteroatoms. The lowest BCUT2D eigenvalue weighted by Gasteiger charge is -2.29. The van der Waals surface area contributed by atoms with Crippen molar-refractivity contribution in [2.45, 2.75) is 19.3 Å². The van der Waals surface area contributed by atoms with Crippen molar-refractivity contribution in [3.8, 4) is 0 Å². The van der Waals surface area contributed by atoms with Crippen LogP contribution in [0, 0.1) is 5.92 Å². The van der Waals surface area contributed by atoms with Gasteiger partial charge in [0, 0.05) is 31.6 Å². The number of carbonyl (C=O) groups is 1. The van der Waals surface area contributed by atoms with E-state index in [-0.39, 0.29) is 18.3 Å². The van der Waals surface area contributed by atoms with Crippen LogP contribution in [0.2, 0.25) is 0 Å². The molecule has 0 spiro atoms. The lowest BCUT2D eigenvalue weighted by atomic mass is 9.99. The third-order valence-electron chi connectivity index (χ3n) is 4.56. The summed E-state index contributed by atoms with van der Waals surface area (Å²) in [4.78, 5) is 17.0. The first kappa shape index (κ1) is 17.7. The number of amides is 1. The van der Waals surface area contributed by atoms with E-state index >= 15 is 0 Å². The highest BCUT2D eigenvalue weighted by Crippen LogP contribution is 2.15. The standard InChI is InChI=1S/C16H25N3OS.ClH/c20-16(15-4-10-21-13-15)19-7-2-6-18(8-9-19)12-14-3-1-5-17-11-14;/h4,10,13-14,17H,1-3,5-9,11-12H2;1H. The molecule has 1 N–H and O–H groups in total. The number of halogens is 1. The Morgan fingerprint density at radius 3 is 2.91 bits per heavy atom. The van der Waals surface area contributed by atoms with E-state index in [0.29, 0.717) is 0 Å². The molecule has 0 bridgehead atoms. The Bertz CT molecular complexity index is 448. The summed E-state index contributed by atoms with van der Waals surface area (Å²) in [6.07, 6.45) is 3.75. The van der Waals surface area contributed by atoms with Crippen molar-refractivity contribution in [1.82, 2.24) is 15.1 Å². The van der Waals surface area contributed by atoms with Crippen LogP contribution in [0.15, 0.2) is 16.8 Å². The predicted octanol–water partition coefficient (Wildman–Crippen LogP) is 2.32. The third-order valence-corrected chi connectivity index (χ3v) is 5.24. The Hall–Kier alpha value is -0.620. The molecule has 2 saturated heterocycles. The molecular formula is C16H26ClN3OS. The zero-order chi connectivity index (χ0) is 14.5. The van der Waals surface area contributed by atoms with E-state index in [9.17, 15) is 4.79 Å². The van der Waals surface area contributed by atoms with Crippen LogP contribution in [0.1, 0.15) is 29.6 Å². The first-order valence-electron chi connectivity index (χ1n) is 8.07. The summed E-state index contributed by atoms with van der Waals surface area (Å²) in [6.45, 7) is 7.44. The number of hydrogen-bond acceptors (Lipinski definition) is 4. The van der Waals surface area contributed by atoms with Crippen molar-refractivity contribution in [1.29, 1.82) is 0 Å². The molecular weight excluding hydrogens is 318 g/mol. The SMILES string of the molecule is Cl.O=C(c1ccsc1)N1CCCN(CC2CCCNC2)CC1. The van der Waals surface area contributed by atoms with Crippen LogP contribution < -0.4 is 5.32 Å². The van der Waals surface area contributed by atoms with Crippen LogP contribution in [-0.4, -0.2) is 61.5 Å². The fourth-order valence-corrected chi connectivity index (χ4v) is 4.00. The Kier molecular flexibility index (Phi) is 7.15. The summed E-state index contributed by atoms with van der Waals surface area (Å²) in [6, 6.07) is 1.93. The lowest BCUT2D eigenvalue weighted by Crippen LogP contribution is -2.40. The van der Waals surface area contributed by atoms with Crippen LogP contribution in [0.3, 0.4) is 0 Å². The lowest BCUT2D eigenvalue weighted by molar-refractivity contribution is 0.0760. The van der Waals surface area contributed by atoms with Crippen molar-refractivity contribution in [3.05, 3.63) is 22.4 Å². The molecule has 2 fully saturated rings. The molecule has 1 aromatic rings. The van der Waals surface area contributed by atoms with E-state index in [1.165, 1.54) is 25.9 Å². The highest BCUT2D eigenvalue weighted by molar-refractivity contribution is 7.08. The minimum Gasteiger partial charge on any atom is -0.337 e. The maximum Gasteiger partial charge on any atom is 0.254 e. The first-order chi connectivity index (χ1) is 10.3. The van der Waals surface area contributed by atoms with Crippen LogP contribution in [-0.2, 0) is 0 Å². The van der Waals surface area contributed by atoms with Gasteiger partial charge in [0.2, 0.25) is 0 Å². The fraction of sp³-hybridized carbons (Fsp3) is 0.688. The number of nitrogens with zero attached hydrogens (tertiary/aromatic N) is 2. The summed E-state index contributed by atoms with van der Waals surface area (Å²) >= 11 is 1.60. The predicted molar refractivity (Wildman–Crippen MR) is 94.1 cm³/mol. The highest BCUT2D eigenvalue weighted by atomic mass is 35.5. The minimum atomic E-state index is 0. The average molecular weight is 344 g/mol. The van der Waals surface area contributed by atoms with Gasteiger partial charge in [-0.1, -0.05) is 0 Å². The van der Waals surface area contributed by atoms with Crippen molar-refractivity contribution < 1.29 is 4.79 Å². The summed E-state index contributed by atoms with van der Waals surface area (Å²) in [5, 5.41) is 7.43. The monoisotopic (exact) mass is 343 g/mol. The fourth-order valence-electron chi connectivity index (χ4n) is 3.37. The van der Waals surface area contributed by atoms with Gasteiger partial charge in [-0.05, 0) is 56.3 Å². The van der Waals surface area contributed by atoms with Gasteiger partial charge in [-0.25, -0.2) is 0 Å². The Morgan fingerprint density at radius 1 is 1.27 bits per heavy atom. The zero-order valence-electron chi connectivity index (χ0n) is 13.0. The normalized spacial score (nSPS) is 23.6. The Morgan fingerprint density at radius 2 is 2.18 bits per heavy atom. The molecule has 0 saturated carbocycles. The zero-order valence-corrected chi connectivity index (χ0v) is 14.6. The largest absolute Gasteiger partial charge is 0.337 e. The maximum atomic E-state index is 12.4. The molecule has 2 aliphatic heterocycles. The molecule has 1 aromatic heterocycles. The molecule has 124 valence electrons. The maximum absolute atomic E-state index is 12.4. The molecule has 0 aromatic carbocycles. The molecule has 3 rings (SSSR count). The summed E-state index contributed by atoms with van der Waals surface area (Å²) in [7, 11) is 0. The molecule has 1 unspecified atom stereocenters. The van der Waals surface area contributed by atoms with Crippen molar-refractivity contribution in [3.63, 3.8) is 0 Å². The van der Waals surface area contributed by atoms with Gasteiger partial charge < -0.3 is 15.1 Å². The smallest absolute Gasteiger partial charge is 0.254 e. The number of carbonyl (C=O) groups excluding carboxylic acids is 1. The summed E-state index contributed by atoms with van der Waals surface area (Å²) in [5.41, 5.74) is 0.852. The molecule has 2 aliphatic rings. The quantitative estimate of drug-likeness (QED) is 0.914. The van der Waals surface area contributed by atoms with Crippen molar-refractivity contribution in [2.24, 2.45) is 5.92 Å². The number of nitrogens with one attached hydrogen (secondary N) is 1. The Labute approximate surface area is 143 Å². The molecule has 1 amide bonds. The van der Waals surface area contributed by atoms with E-state index in [0.717, 1.165) is 50.6 Å². The van der Waals surface area contributed by atoms with E-state index in [2.05, 4.69) is 10.2 Å². The molecule has 0 radical (unpaired) electrons. The number of hydrogen-bond donors (Lipinski definition) is 1. The highest BCUT2D eigenvalue weighted by Gasteiger charge is 2.22. The van der Waals surface area contributed by atoms with Gasteiger partial charge in [-0.3, -0.25) is 4.79 Å². The van der Waals surface area contributed by atoms with Gasteiger partial charge >= 0.3 is 0 Å². The van der Waals surface area contributed by atoms with Gasteiger partial charge in [0.15, 0.2) is 0 Å². The first-order valence-corrected chi connectivity index (χ1v) is 9.02. The summed E-state index contributed by atoms with van der Waals surface area (Å²) < 4.78 is 0. The topological polar surface area (TPSA) is 35.6 Å². The van der Waals surface area contributed by atoms with Crippen molar-refractivity contribution >= 4 is 29.7 Å². The van der Waals surface area contributed by atoms with Crippen LogP contribution in [0.4, 0.5) is 0 Å². The van der Waals surface area contributed by atoms with Gasteiger partial charge in [0.1, 0.15) is 0 Å². The minimum absolute atomic E-state index is 0. The number of rotatable bonds is 3. The number of thiophene rings is 1. The molecule has 1 atom stereocenters. The summed E-state index contributed by atoms with van der Waals surface area (Å²) in [5.74, 6) is 0.996. The van der Waals surface area contributed by atoms with E-state index in [1.807, 2.05) is 21.7 Å². The van der Waals surface area contributed by atoms with E-state index in [4.69, 9.17) is 0 Å². The second-order valence-electron chi connectivity index (χ2n) is 6.17. The molecule has 0 aliphatic carbocycles. The Balaban J connectivity index is 0.00000176. The second kappa shape index (κ2) is 8.87. The molecule has 4 nitrogen and oxygen atoms in total. The van der Waals surface area contributed by atoms with Gasteiger partial charge in [0.25, 0.3) is 5.91 Å². The van der Waals surface area contributed by atoms with Gasteiger partial charge in [-0.15, -0.1) is 12.4 Å². The van der Waals surface area contributed by atoms with Crippen LogP contribution >= 0.6 is 23.7 Å². The number of piperidine rings is 1. The van der Waals surface area contributed by atoms with Gasteiger partial charge in [0.05, 0.1) is 5.56 Å². The molecule has 22 heavy (non-hydrogen) atoms. The third kappa shape index (κ3) is 4.69. The second-order valence-corrected chi connectivity index (χ2v) is 6.95. The average Bonchev–Trinajstić information content (AvgIpc) is 2.95. The van der Waals surface area contributed by atoms with Gasteiger partial charge in [-0.2, -0.15) is 11.3 Å². The van der Waals surface area contributed by atoms with E-state index < -0.39 is 0 Å². The van der Waals surface area contributed by atoms with Crippen molar-refractivity contribution in [2.75, 3.05) is 45.8 Å². The van der Waals surface area contributed by atoms with Crippen LogP contribution in [0.5, 0.6) is 0 Å². The van der Waals surface area contributed by atoms with E-state index in [1.54, 1.807) is 11.3 Å². The van der Waals surface area contributed by atoms with Crippen LogP contribution in [0.25, 0.3) is 0 Å².